The molecule has 0 aliphatic rings. The van der Waals surface area contributed by atoms with Crippen LogP contribution in [-0.2, 0) is 4.79 Å². The highest BCUT2D eigenvalue weighted by atomic mass is 79.9. The van der Waals surface area contributed by atoms with Gasteiger partial charge in [0.05, 0.1) is 18.6 Å². The van der Waals surface area contributed by atoms with E-state index in [0.717, 1.165) is 15.7 Å². The number of phenolic OH excluding ortho intramolecular Hbond substituents is 1. The van der Waals surface area contributed by atoms with Gasteiger partial charge in [0.1, 0.15) is 0 Å². The number of phenols is 1. The minimum absolute atomic E-state index is 0.0295. The minimum atomic E-state index is -0.320. The number of ether oxygens (including phenoxy) is 1. The summed E-state index contributed by atoms with van der Waals surface area (Å²) in [7, 11) is 0. The van der Waals surface area contributed by atoms with Gasteiger partial charge in [-0.3, -0.25) is 9.36 Å². The number of para-hydroxylation sites is 2. The fourth-order valence-corrected chi connectivity index (χ4v) is 4.22. The number of aromatic nitrogens is 3. The number of carbonyl (C=O) groups is 1. The first kappa shape index (κ1) is 24.5. The van der Waals surface area contributed by atoms with Crippen LogP contribution in [0.4, 0.5) is 0 Å². The number of hydrazone groups is 1. The Balaban J connectivity index is 1.47. The lowest BCUT2D eigenvalue weighted by molar-refractivity contribution is -0.118. The van der Waals surface area contributed by atoms with Crippen LogP contribution in [0.5, 0.6) is 11.5 Å². The highest BCUT2D eigenvalue weighted by Crippen LogP contribution is 2.29. The number of nitrogens with zero attached hydrogens (tertiary/aromatic N) is 4. The molecule has 10 heteroatoms. The predicted molar refractivity (Wildman–Crippen MR) is 140 cm³/mol. The monoisotopic (exact) mass is 551 g/mol. The molecule has 3 aromatic carbocycles. The van der Waals surface area contributed by atoms with Crippen LogP contribution in [0, 0.1) is 0 Å². The average Bonchev–Trinajstić information content (AvgIpc) is 3.30. The third-order valence-electron chi connectivity index (χ3n) is 4.81. The molecule has 8 nitrogen and oxygen atoms in total. The second-order valence-corrected chi connectivity index (χ2v) is 9.05. The van der Waals surface area contributed by atoms with Crippen molar-refractivity contribution in [3.05, 3.63) is 82.8 Å². The number of carbonyl (C=O) groups excluding carboxylic acids is 1. The number of amides is 1. The van der Waals surface area contributed by atoms with Gasteiger partial charge < -0.3 is 9.84 Å². The zero-order chi connectivity index (χ0) is 24.6. The van der Waals surface area contributed by atoms with Gasteiger partial charge in [0.2, 0.25) is 0 Å². The SMILES string of the molecule is CCOc1cccc(/C=N/NC(=O)CSc2nnc(-c3ccc(Br)cc3)n2-c2ccccc2)c1O. The Morgan fingerprint density at radius 3 is 2.63 bits per heavy atom. The standard InChI is InChI=1S/C25H22BrN5O3S/c1-2-34-21-10-6-7-18(23(21)33)15-27-28-22(32)16-35-25-30-29-24(17-11-13-19(26)14-12-17)31(25)20-8-4-3-5-9-20/h3-15,33H,2,16H2,1H3,(H,28,32)/b27-15+. The quantitative estimate of drug-likeness (QED) is 0.171. The van der Waals surface area contributed by atoms with E-state index in [0.29, 0.717) is 28.9 Å². The van der Waals surface area contributed by atoms with Crippen LogP contribution >= 0.6 is 27.7 Å². The number of rotatable bonds is 9. The fraction of sp³-hybridized carbons (Fsp3) is 0.120. The number of halogens is 1. The van der Waals surface area contributed by atoms with E-state index in [-0.39, 0.29) is 17.4 Å². The number of nitrogens with one attached hydrogen (secondary N) is 1. The molecule has 2 N–H and O–H groups in total. The number of benzene rings is 3. The summed E-state index contributed by atoms with van der Waals surface area (Å²) in [6.07, 6.45) is 1.37. The molecule has 0 aliphatic carbocycles. The summed E-state index contributed by atoms with van der Waals surface area (Å²) in [5.41, 5.74) is 4.71. The van der Waals surface area contributed by atoms with E-state index >= 15 is 0 Å². The summed E-state index contributed by atoms with van der Waals surface area (Å²) < 4.78 is 8.25. The van der Waals surface area contributed by atoms with Crippen molar-refractivity contribution >= 4 is 39.8 Å². The predicted octanol–water partition coefficient (Wildman–Crippen LogP) is 5.04. The van der Waals surface area contributed by atoms with Gasteiger partial charge in [-0.25, -0.2) is 5.43 Å². The average molecular weight is 552 g/mol. The molecule has 1 aromatic heterocycles. The lowest BCUT2D eigenvalue weighted by Gasteiger charge is -2.10. The molecule has 0 saturated carbocycles. The summed E-state index contributed by atoms with van der Waals surface area (Å²) in [6, 6.07) is 22.6. The molecule has 0 atom stereocenters. The van der Waals surface area contributed by atoms with Crippen molar-refractivity contribution < 1.29 is 14.6 Å². The zero-order valence-corrected chi connectivity index (χ0v) is 21.2. The summed E-state index contributed by atoms with van der Waals surface area (Å²) in [5, 5.41) is 23.5. The van der Waals surface area contributed by atoms with E-state index in [1.54, 1.807) is 18.2 Å². The van der Waals surface area contributed by atoms with E-state index in [1.807, 2.05) is 66.1 Å². The Labute approximate surface area is 215 Å². The van der Waals surface area contributed by atoms with Gasteiger partial charge in [0.25, 0.3) is 5.91 Å². The summed E-state index contributed by atoms with van der Waals surface area (Å²) in [6.45, 7) is 2.26. The van der Waals surface area contributed by atoms with Crippen molar-refractivity contribution in [3.8, 4) is 28.6 Å². The van der Waals surface area contributed by atoms with Crippen LogP contribution in [0.3, 0.4) is 0 Å². The van der Waals surface area contributed by atoms with Crippen LogP contribution in [0.15, 0.2) is 87.5 Å². The molecule has 0 saturated heterocycles. The second kappa shape index (κ2) is 11.7. The second-order valence-electron chi connectivity index (χ2n) is 7.19. The molecule has 4 aromatic rings. The van der Waals surface area contributed by atoms with Gasteiger partial charge >= 0.3 is 0 Å². The smallest absolute Gasteiger partial charge is 0.250 e. The molecule has 178 valence electrons. The Morgan fingerprint density at radius 2 is 1.89 bits per heavy atom. The van der Waals surface area contributed by atoms with Gasteiger partial charge in [-0.05, 0) is 43.3 Å². The van der Waals surface area contributed by atoms with E-state index in [2.05, 4.69) is 36.7 Å². The molecular weight excluding hydrogens is 530 g/mol. The van der Waals surface area contributed by atoms with Gasteiger partial charge in [0.15, 0.2) is 22.5 Å². The normalized spacial score (nSPS) is 11.0. The van der Waals surface area contributed by atoms with Crippen LogP contribution in [-0.4, -0.2) is 44.4 Å². The summed E-state index contributed by atoms with van der Waals surface area (Å²) >= 11 is 4.71. The Hall–Kier alpha value is -3.63. The van der Waals surface area contributed by atoms with E-state index in [1.165, 1.54) is 18.0 Å². The van der Waals surface area contributed by atoms with Crippen LogP contribution in [0.2, 0.25) is 0 Å². The van der Waals surface area contributed by atoms with Crippen LogP contribution in [0.25, 0.3) is 17.1 Å². The Morgan fingerprint density at radius 1 is 1.11 bits per heavy atom. The fourth-order valence-electron chi connectivity index (χ4n) is 3.21. The third kappa shape index (κ3) is 6.09. The van der Waals surface area contributed by atoms with Crippen molar-refractivity contribution in [2.24, 2.45) is 5.10 Å². The van der Waals surface area contributed by atoms with E-state index in [4.69, 9.17) is 4.74 Å². The van der Waals surface area contributed by atoms with Gasteiger partial charge in [-0.1, -0.05) is 64.1 Å². The molecule has 0 spiro atoms. The van der Waals surface area contributed by atoms with E-state index in [9.17, 15) is 9.90 Å². The topological polar surface area (TPSA) is 102 Å². The van der Waals surface area contributed by atoms with Crippen molar-refractivity contribution in [1.82, 2.24) is 20.2 Å². The molecule has 35 heavy (non-hydrogen) atoms. The van der Waals surface area contributed by atoms with Crippen LogP contribution in [0.1, 0.15) is 12.5 Å². The maximum atomic E-state index is 12.4. The van der Waals surface area contributed by atoms with Crippen molar-refractivity contribution in [2.75, 3.05) is 12.4 Å². The lowest BCUT2D eigenvalue weighted by atomic mass is 10.2. The first-order valence-corrected chi connectivity index (χ1v) is 12.5. The molecule has 0 radical (unpaired) electrons. The maximum Gasteiger partial charge on any atom is 0.250 e. The lowest BCUT2D eigenvalue weighted by Crippen LogP contribution is -2.20. The van der Waals surface area contributed by atoms with E-state index < -0.39 is 0 Å². The van der Waals surface area contributed by atoms with Gasteiger partial charge in [-0.15, -0.1) is 10.2 Å². The number of hydrogen-bond donors (Lipinski definition) is 2. The van der Waals surface area contributed by atoms with Crippen molar-refractivity contribution in [3.63, 3.8) is 0 Å². The molecule has 0 aliphatic heterocycles. The largest absolute Gasteiger partial charge is 0.504 e. The number of thioether (sulfide) groups is 1. The van der Waals surface area contributed by atoms with Gasteiger partial charge in [0, 0.05) is 21.3 Å². The number of hydrogen-bond acceptors (Lipinski definition) is 7. The highest BCUT2D eigenvalue weighted by Gasteiger charge is 2.17. The molecule has 0 bridgehead atoms. The maximum absolute atomic E-state index is 12.4. The molecule has 0 fully saturated rings. The Bertz CT molecular complexity index is 1330. The Kier molecular flexibility index (Phi) is 8.17. The first-order chi connectivity index (χ1) is 17.1. The third-order valence-corrected chi connectivity index (χ3v) is 6.26. The molecular formula is C25H22BrN5O3S. The number of aromatic hydroxyl groups is 1. The molecule has 0 unspecified atom stereocenters. The van der Waals surface area contributed by atoms with Crippen LogP contribution < -0.4 is 10.2 Å². The summed E-state index contributed by atoms with van der Waals surface area (Å²) in [4.78, 5) is 12.4. The van der Waals surface area contributed by atoms with Gasteiger partial charge in [-0.2, -0.15) is 5.10 Å². The molecule has 4 rings (SSSR count). The van der Waals surface area contributed by atoms with Crippen molar-refractivity contribution in [1.29, 1.82) is 0 Å². The minimum Gasteiger partial charge on any atom is -0.504 e. The molecule has 1 heterocycles. The zero-order valence-electron chi connectivity index (χ0n) is 18.8. The first-order valence-electron chi connectivity index (χ1n) is 10.7. The molecule has 1 amide bonds. The highest BCUT2D eigenvalue weighted by molar-refractivity contribution is 9.10. The van der Waals surface area contributed by atoms with Crippen molar-refractivity contribution in [2.45, 2.75) is 12.1 Å². The summed E-state index contributed by atoms with van der Waals surface area (Å²) in [5.74, 6) is 0.764.